The molecule has 0 bridgehead atoms. The average Bonchev–Trinajstić information content (AvgIpc) is 2.23. The van der Waals surface area contributed by atoms with E-state index in [0.29, 0.717) is 0 Å². The smallest absolute Gasteiger partial charge is 0.0370 e. The van der Waals surface area contributed by atoms with Crippen molar-refractivity contribution < 1.29 is 0 Å². The van der Waals surface area contributed by atoms with Crippen LogP contribution in [0.5, 0.6) is 0 Å². The second-order valence-corrected chi connectivity index (χ2v) is 3.48. The van der Waals surface area contributed by atoms with E-state index >= 15 is 0 Å². The summed E-state index contributed by atoms with van der Waals surface area (Å²) >= 11 is 0. The highest BCUT2D eigenvalue weighted by atomic mass is 14.1. The SMILES string of the molecule is C=C1C=CC(Cc2ccccc2)=C[CH-]1. The first-order valence-corrected chi connectivity index (χ1v) is 4.79. The Labute approximate surface area is 85.3 Å². The lowest BCUT2D eigenvalue weighted by Gasteiger charge is -2.15. The second-order valence-electron chi connectivity index (χ2n) is 3.48. The highest BCUT2D eigenvalue weighted by molar-refractivity contribution is 5.43. The Morgan fingerprint density at radius 3 is 2.50 bits per heavy atom. The Balaban J connectivity index is 2.06. The van der Waals surface area contributed by atoms with Gasteiger partial charge in [0.1, 0.15) is 0 Å². The van der Waals surface area contributed by atoms with E-state index in [1.54, 1.807) is 0 Å². The van der Waals surface area contributed by atoms with Crippen molar-refractivity contribution >= 4 is 0 Å². The zero-order valence-corrected chi connectivity index (χ0v) is 8.11. The molecule has 2 rings (SSSR count). The molecule has 1 aliphatic rings. The Morgan fingerprint density at radius 2 is 1.86 bits per heavy atom. The lowest BCUT2D eigenvalue weighted by Crippen LogP contribution is -1.92. The maximum absolute atomic E-state index is 3.87. The highest BCUT2D eigenvalue weighted by Crippen LogP contribution is 2.16. The van der Waals surface area contributed by atoms with Gasteiger partial charge in [-0.3, -0.25) is 0 Å². The van der Waals surface area contributed by atoms with E-state index in [-0.39, 0.29) is 0 Å². The molecular formula is C14H13-. The van der Waals surface area contributed by atoms with Crippen LogP contribution >= 0.6 is 0 Å². The molecule has 0 aliphatic heterocycles. The summed E-state index contributed by atoms with van der Waals surface area (Å²) in [7, 11) is 0. The van der Waals surface area contributed by atoms with Crippen LogP contribution in [0.25, 0.3) is 0 Å². The van der Waals surface area contributed by atoms with Crippen LogP contribution in [-0.2, 0) is 6.42 Å². The van der Waals surface area contributed by atoms with Crippen LogP contribution in [0.2, 0.25) is 0 Å². The average molecular weight is 181 g/mol. The van der Waals surface area contributed by atoms with E-state index in [1.807, 2.05) is 6.07 Å². The van der Waals surface area contributed by atoms with Gasteiger partial charge in [-0.05, 0) is 6.42 Å². The molecule has 0 fully saturated rings. The van der Waals surface area contributed by atoms with Crippen molar-refractivity contribution in [3.8, 4) is 0 Å². The van der Waals surface area contributed by atoms with Crippen molar-refractivity contribution in [2.75, 3.05) is 0 Å². The summed E-state index contributed by atoms with van der Waals surface area (Å²) in [5.74, 6) is 0. The molecule has 0 amide bonds. The van der Waals surface area contributed by atoms with E-state index < -0.39 is 0 Å². The Hall–Kier alpha value is -1.69. The zero-order valence-electron chi connectivity index (χ0n) is 8.11. The predicted octanol–water partition coefficient (Wildman–Crippen LogP) is 3.49. The summed E-state index contributed by atoms with van der Waals surface area (Å²) in [5.41, 5.74) is 3.76. The summed E-state index contributed by atoms with van der Waals surface area (Å²) in [6.07, 6.45) is 9.38. The molecule has 1 aromatic carbocycles. The molecule has 0 nitrogen and oxygen atoms in total. The summed E-state index contributed by atoms with van der Waals surface area (Å²) in [6.45, 7) is 3.87. The molecule has 1 aliphatic carbocycles. The van der Waals surface area contributed by atoms with Crippen molar-refractivity contribution in [2.24, 2.45) is 0 Å². The second kappa shape index (κ2) is 4.01. The lowest BCUT2D eigenvalue weighted by atomic mass is 9.98. The van der Waals surface area contributed by atoms with Crippen LogP contribution in [-0.4, -0.2) is 0 Å². The Morgan fingerprint density at radius 1 is 1.07 bits per heavy atom. The lowest BCUT2D eigenvalue weighted by molar-refractivity contribution is 1.18. The van der Waals surface area contributed by atoms with Gasteiger partial charge < -0.3 is 0 Å². The van der Waals surface area contributed by atoms with Crippen LogP contribution in [0.1, 0.15) is 5.56 Å². The van der Waals surface area contributed by atoms with Gasteiger partial charge in [-0.2, -0.15) is 12.2 Å². The summed E-state index contributed by atoms with van der Waals surface area (Å²) < 4.78 is 0. The van der Waals surface area contributed by atoms with Crippen LogP contribution < -0.4 is 0 Å². The van der Waals surface area contributed by atoms with E-state index in [2.05, 4.69) is 55.5 Å². The first kappa shape index (κ1) is 8.89. The third-order valence-corrected chi connectivity index (χ3v) is 2.27. The van der Waals surface area contributed by atoms with E-state index in [9.17, 15) is 0 Å². The topological polar surface area (TPSA) is 0 Å². The first-order valence-electron chi connectivity index (χ1n) is 4.79. The van der Waals surface area contributed by atoms with Gasteiger partial charge in [0.05, 0.1) is 0 Å². The Bertz CT molecular complexity index is 380. The monoisotopic (exact) mass is 181 g/mol. The van der Waals surface area contributed by atoms with Gasteiger partial charge in [0.15, 0.2) is 0 Å². The molecule has 0 spiro atoms. The minimum Gasteiger partial charge on any atom is -0.171 e. The molecule has 0 saturated carbocycles. The minimum absolute atomic E-state index is 1.00. The molecule has 0 atom stereocenters. The van der Waals surface area contributed by atoms with Gasteiger partial charge in [-0.25, -0.2) is 0 Å². The van der Waals surface area contributed by atoms with Gasteiger partial charge in [-0.1, -0.05) is 35.9 Å². The van der Waals surface area contributed by atoms with E-state index in [0.717, 1.165) is 12.0 Å². The van der Waals surface area contributed by atoms with E-state index in [4.69, 9.17) is 0 Å². The Kier molecular flexibility index (Phi) is 2.55. The molecule has 0 unspecified atom stereocenters. The summed E-state index contributed by atoms with van der Waals surface area (Å²) in [5, 5.41) is 0. The summed E-state index contributed by atoms with van der Waals surface area (Å²) in [4.78, 5) is 0. The number of rotatable bonds is 2. The predicted molar refractivity (Wildman–Crippen MR) is 60.8 cm³/mol. The van der Waals surface area contributed by atoms with Gasteiger partial charge >= 0.3 is 0 Å². The number of hydrogen-bond donors (Lipinski definition) is 0. The maximum atomic E-state index is 3.87. The number of benzene rings is 1. The van der Waals surface area contributed by atoms with Crippen LogP contribution in [0, 0.1) is 6.42 Å². The molecule has 0 N–H and O–H groups in total. The van der Waals surface area contributed by atoms with Crippen LogP contribution in [0.3, 0.4) is 0 Å². The summed E-state index contributed by atoms with van der Waals surface area (Å²) in [6, 6.07) is 10.5. The van der Waals surface area contributed by atoms with Crippen molar-refractivity contribution in [3.05, 3.63) is 78.3 Å². The van der Waals surface area contributed by atoms with Crippen molar-refractivity contribution in [3.63, 3.8) is 0 Å². The largest absolute Gasteiger partial charge is 0.171 e. The van der Waals surface area contributed by atoms with Crippen LogP contribution in [0.15, 0.2) is 66.3 Å². The third kappa shape index (κ3) is 2.17. The highest BCUT2D eigenvalue weighted by Gasteiger charge is 1.94. The fraction of sp³-hybridized carbons (Fsp3) is 0.0714. The quantitative estimate of drug-likeness (QED) is 0.613. The molecule has 0 saturated heterocycles. The van der Waals surface area contributed by atoms with Gasteiger partial charge in [0.2, 0.25) is 0 Å². The fourth-order valence-electron chi connectivity index (χ4n) is 1.49. The van der Waals surface area contributed by atoms with Gasteiger partial charge in [-0.15, -0.1) is 30.2 Å². The minimum atomic E-state index is 1.00. The molecular weight excluding hydrogens is 168 g/mol. The van der Waals surface area contributed by atoms with Gasteiger partial charge in [0.25, 0.3) is 0 Å². The van der Waals surface area contributed by atoms with Crippen molar-refractivity contribution in [2.45, 2.75) is 6.42 Å². The zero-order chi connectivity index (χ0) is 9.80. The third-order valence-electron chi connectivity index (χ3n) is 2.27. The number of allylic oxidation sites excluding steroid dienone is 5. The molecule has 70 valence electrons. The van der Waals surface area contributed by atoms with E-state index in [1.165, 1.54) is 11.1 Å². The number of hydrogen-bond acceptors (Lipinski definition) is 0. The molecule has 0 heteroatoms. The van der Waals surface area contributed by atoms with Crippen molar-refractivity contribution in [1.29, 1.82) is 0 Å². The molecule has 0 radical (unpaired) electrons. The van der Waals surface area contributed by atoms with Crippen LogP contribution in [0.4, 0.5) is 0 Å². The standard InChI is InChI=1S/C14H13/c1-12-7-9-14(10-8-12)11-13-5-3-2-4-6-13/h2-10H,1,11H2/q-1. The first-order chi connectivity index (χ1) is 6.84. The van der Waals surface area contributed by atoms with Gasteiger partial charge in [0, 0.05) is 0 Å². The molecule has 1 aromatic rings. The molecule has 0 heterocycles. The molecule has 14 heavy (non-hydrogen) atoms. The molecule has 0 aromatic heterocycles. The fourth-order valence-corrected chi connectivity index (χ4v) is 1.49. The maximum Gasteiger partial charge on any atom is -0.0370 e. The van der Waals surface area contributed by atoms with Crippen molar-refractivity contribution in [1.82, 2.24) is 0 Å². The normalized spacial score (nSPS) is 14.9.